The fourth-order valence-corrected chi connectivity index (χ4v) is 4.82. The predicted molar refractivity (Wildman–Crippen MR) is 151 cm³/mol. The van der Waals surface area contributed by atoms with Crippen LogP contribution in [0.2, 0.25) is 0 Å². The number of phenols is 2. The molecule has 0 radical (unpaired) electrons. The lowest BCUT2D eigenvalue weighted by Gasteiger charge is -2.47. The van der Waals surface area contributed by atoms with Crippen molar-refractivity contribution in [2.45, 2.75) is 89.4 Å². The minimum Gasteiger partial charge on any atom is -0.508 e. The lowest BCUT2D eigenvalue weighted by atomic mass is 9.87. The number of allylic oxidation sites excluding steroid dienone is 5. The molecular formula is C31H42O10. The average Bonchev–Trinajstić information content (AvgIpc) is 3.31. The van der Waals surface area contributed by atoms with Crippen LogP contribution >= 0.6 is 0 Å². The van der Waals surface area contributed by atoms with Crippen molar-refractivity contribution >= 4 is 5.97 Å². The minimum absolute atomic E-state index is 0.0113. The number of ether oxygens (including phenoxy) is 3. The molecule has 0 amide bonds. The maximum atomic E-state index is 12.5. The van der Waals surface area contributed by atoms with E-state index in [0.29, 0.717) is 17.9 Å². The number of hydrogen-bond acceptors (Lipinski definition) is 10. The van der Waals surface area contributed by atoms with Crippen LogP contribution in [0.4, 0.5) is 0 Å². The Labute approximate surface area is 240 Å². The van der Waals surface area contributed by atoms with Crippen molar-refractivity contribution in [2.75, 3.05) is 6.61 Å². The van der Waals surface area contributed by atoms with Gasteiger partial charge in [-0.2, -0.15) is 0 Å². The van der Waals surface area contributed by atoms with Gasteiger partial charge in [0.2, 0.25) is 5.79 Å². The number of benzene rings is 1. The van der Waals surface area contributed by atoms with E-state index >= 15 is 0 Å². The third kappa shape index (κ3) is 7.85. The highest BCUT2D eigenvalue weighted by Gasteiger charge is 2.61. The molecule has 41 heavy (non-hydrogen) atoms. The molecule has 6 N–H and O–H groups in total. The van der Waals surface area contributed by atoms with E-state index in [1.807, 2.05) is 19.1 Å². The van der Waals surface area contributed by atoms with Crippen LogP contribution in [0.3, 0.4) is 0 Å². The van der Waals surface area contributed by atoms with Crippen LogP contribution in [0.25, 0.3) is 0 Å². The maximum Gasteiger partial charge on any atom is 0.331 e. The summed E-state index contributed by atoms with van der Waals surface area (Å²) in [4.78, 5) is 12.5. The van der Waals surface area contributed by atoms with Gasteiger partial charge in [-0.05, 0) is 49.3 Å². The second-order valence-corrected chi connectivity index (χ2v) is 10.6. The number of aliphatic hydroxyl groups excluding tert-OH is 4. The summed E-state index contributed by atoms with van der Waals surface area (Å²) < 4.78 is 16.7. The molecule has 1 aromatic rings. The Morgan fingerprint density at radius 2 is 1.95 bits per heavy atom. The van der Waals surface area contributed by atoms with Gasteiger partial charge in [0, 0.05) is 12.1 Å². The van der Waals surface area contributed by atoms with E-state index in [2.05, 4.69) is 19.9 Å². The van der Waals surface area contributed by atoms with Crippen molar-refractivity contribution in [3.05, 3.63) is 71.4 Å². The SMILES string of the molecule is CC[C@H](C)CC/C=C/C=C(\C)[C@@H](O)C/C=C/C=C/C(=O)OC1C(O)C(CO)OC2(OCc3cc(O)cc(O)c32)C1O. The van der Waals surface area contributed by atoms with Crippen molar-refractivity contribution in [1.82, 2.24) is 0 Å². The smallest absolute Gasteiger partial charge is 0.331 e. The molecule has 0 aliphatic carbocycles. The van der Waals surface area contributed by atoms with Gasteiger partial charge in [-0.25, -0.2) is 4.79 Å². The van der Waals surface area contributed by atoms with Crippen LogP contribution in [-0.2, 0) is 31.4 Å². The summed E-state index contributed by atoms with van der Waals surface area (Å²) in [5, 5.41) is 62.1. The molecule has 2 aliphatic heterocycles. The molecule has 1 fully saturated rings. The van der Waals surface area contributed by atoms with E-state index in [-0.39, 0.29) is 17.9 Å². The monoisotopic (exact) mass is 574 g/mol. The summed E-state index contributed by atoms with van der Waals surface area (Å²) in [5.41, 5.74) is 1.15. The Morgan fingerprint density at radius 3 is 2.66 bits per heavy atom. The molecule has 226 valence electrons. The quantitative estimate of drug-likeness (QED) is 0.124. The Balaban J connectivity index is 1.59. The molecule has 7 atom stereocenters. The molecule has 10 heteroatoms. The van der Waals surface area contributed by atoms with E-state index in [1.165, 1.54) is 12.1 Å². The van der Waals surface area contributed by atoms with Gasteiger partial charge in [0.15, 0.2) is 12.2 Å². The van der Waals surface area contributed by atoms with Gasteiger partial charge in [-0.3, -0.25) is 0 Å². The first-order chi connectivity index (χ1) is 19.5. The van der Waals surface area contributed by atoms with Gasteiger partial charge in [0.1, 0.15) is 23.7 Å². The molecule has 0 bridgehead atoms. The predicted octanol–water partition coefficient (Wildman–Crippen LogP) is 3.00. The van der Waals surface area contributed by atoms with Crippen LogP contribution in [0.15, 0.2) is 60.2 Å². The Hall–Kier alpha value is -2.99. The normalized spacial score (nSPS) is 28.1. The number of aromatic hydroxyl groups is 2. The van der Waals surface area contributed by atoms with Crippen LogP contribution in [0.5, 0.6) is 11.5 Å². The molecule has 5 unspecified atom stereocenters. The van der Waals surface area contributed by atoms with Crippen molar-refractivity contribution in [2.24, 2.45) is 5.92 Å². The molecule has 2 heterocycles. The highest BCUT2D eigenvalue weighted by atomic mass is 16.7. The van der Waals surface area contributed by atoms with Crippen LogP contribution < -0.4 is 0 Å². The Bertz CT molecular complexity index is 1160. The van der Waals surface area contributed by atoms with E-state index in [4.69, 9.17) is 14.2 Å². The van der Waals surface area contributed by atoms with Gasteiger partial charge >= 0.3 is 5.97 Å². The van der Waals surface area contributed by atoms with Crippen LogP contribution in [0.1, 0.15) is 57.6 Å². The lowest BCUT2D eigenvalue weighted by molar-refractivity contribution is -0.369. The topological polar surface area (TPSA) is 166 Å². The largest absolute Gasteiger partial charge is 0.508 e. The van der Waals surface area contributed by atoms with E-state index in [9.17, 15) is 35.4 Å². The molecule has 10 nitrogen and oxygen atoms in total. The highest BCUT2D eigenvalue weighted by Crippen LogP contribution is 2.50. The van der Waals surface area contributed by atoms with E-state index < -0.39 is 54.6 Å². The zero-order valence-corrected chi connectivity index (χ0v) is 23.7. The standard InChI is InChI=1S/C31H42O10/c1-4-19(2)11-7-5-8-12-20(3)23(34)13-9-6-10-14-26(36)40-29-28(37)25(17-32)41-31(30(29)38)27-21(18-39-31)15-22(33)16-24(27)35/h5-6,8-10,12,14-16,19,23,25,28-30,32-35,37-38H,4,7,11,13,17-18H2,1-3H3/b8-5+,9-6+,14-10+,20-12+/t19-,23-,25?,28?,29?,30?,31?/m0/s1. The number of carbonyl (C=O) groups excluding carboxylic acids is 1. The van der Waals surface area contributed by atoms with Gasteiger partial charge in [0.05, 0.1) is 24.9 Å². The molecule has 1 spiro atoms. The number of fused-ring (bicyclic) bond motifs is 2. The summed E-state index contributed by atoms with van der Waals surface area (Å²) in [7, 11) is 0. The second kappa shape index (κ2) is 14.8. The second-order valence-electron chi connectivity index (χ2n) is 10.6. The van der Waals surface area contributed by atoms with Crippen LogP contribution in [-0.4, -0.2) is 73.7 Å². The summed E-state index contributed by atoms with van der Waals surface area (Å²) in [5.74, 6) is -2.89. The first kappa shape index (κ1) is 32.5. The third-order valence-corrected chi connectivity index (χ3v) is 7.53. The van der Waals surface area contributed by atoms with Crippen molar-refractivity contribution in [3.8, 4) is 11.5 Å². The fourth-order valence-electron chi connectivity index (χ4n) is 4.82. The van der Waals surface area contributed by atoms with E-state index in [1.54, 1.807) is 12.2 Å². The van der Waals surface area contributed by atoms with Gasteiger partial charge in [-0.1, -0.05) is 56.7 Å². The fraction of sp³-hybridized carbons (Fsp3) is 0.516. The Kier molecular flexibility index (Phi) is 11.7. The molecule has 0 saturated carbocycles. The zero-order valence-electron chi connectivity index (χ0n) is 23.7. The number of phenolic OH excluding ortho intramolecular Hbond substituents is 2. The molecule has 3 rings (SSSR count). The van der Waals surface area contributed by atoms with Crippen molar-refractivity contribution < 1.29 is 49.6 Å². The number of carbonyl (C=O) groups is 1. The molecular weight excluding hydrogens is 532 g/mol. The third-order valence-electron chi connectivity index (χ3n) is 7.53. The number of rotatable bonds is 12. The summed E-state index contributed by atoms with van der Waals surface area (Å²) in [6.07, 6.45) is 8.32. The molecule has 0 aromatic heterocycles. The summed E-state index contributed by atoms with van der Waals surface area (Å²) in [6.45, 7) is 5.40. The van der Waals surface area contributed by atoms with Gasteiger partial charge in [-0.15, -0.1) is 0 Å². The molecule has 1 saturated heterocycles. The minimum atomic E-state index is -2.04. The zero-order chi connectivity index (χ0) is 30.2. The molecule has 1 aromatic carbocycles. The van der Waals surface area contributed by atoms with Crippen molar-refractivity contribution in [1.29, 1.82) is 0 Å². The lowest BCUT2D eigenvalue weighted by Crippen LogP contribution is -2.64. The van der Waals surface area contributed by atoms with Gasteiger partial charge < -0.3 is 44.8 Å². The average molecular weight is 575 g/mol. The van der Waals surface area contributed by atoms with Crippen molar-refractivity contribution in [3.63, 3.8) is 0 Å². The van der Waals surface area contributed by atoms with E-state index in [0.717, 1.165) is 37.0 Å². The first-order valence-electron chi connectivity index (χ1n) is 13.9. The highest BCUT2D eigenvalue weighted by molar-refractivity contribution is 5.82. The Morgan fingerprint density at radius 1 is 1.20 bits per heavy atom. The van der Waals surface area contributed by atoms with Crippen LogP contribution in [0, 0.1) is 5.92 Å². The summed E-state index contributed by atoms with van der Waals surface area (Å²) in [6, 6.07) is 2.37. The number of hydrogen-bond donors (Lipinski definition) is 6. The number of aliphatic hydroxyl groups is 4. The van der Waals surface area contributed by atoms with Gasteiger partial charge in [0.25, 0.3) is 0 Å². The molecule has 2 aliphatic rings. The summed E-state index contributed by atoms with van der Waals surface area (Å²) >= 11 is 0. The maximum absolute atomic E-state index is 12.5. The first-order valence-corrected chi connectivity index (χ1v) is 13.9. The number of esters is 1.